The van der Waals surface area contributed by atoms with Gasteiger partial charge >= 0.3 is 0 Å². The van der Waals surface area contributed by atoms with Gasteiger partial charge in [0.1, 0.15) is 17.3 Å². The summed E-state index contributed by atoms with van der Waals surface area (Å²) < 4.78 is 5.16. The van der Waals surface area contributed by atoms with Crippen LogP contribution in [0.2, 0.25) is 0 Å². The summed E-state index contributed by atoms with van der Waals surface area (Å²) in [6.45, 7) is 2.95. The number of Topliss-reactive ketones (excluding diaryl/α,β-unsaturated/α-hetero) is 2. The van der Waals surface area contributed by atoms with E-state index in [4.69, 9.17) is 4.74 Å². The smallest absolute Gasteiger partial charge is 0.140 e. The number of hydrogen-bond donors (Lipinski definition) is 0. The highest BCUT2D eigenvalue weighted by Gasteiger charge is 2.19. The van der Waals surface area contributed by atoms with Crippen LogP contribution in [0.4, 0.5) is 0 Å². The summed E-state index contributed by atoms with van der Waals surface area (Å²) in [5.41, 5.74) is 3.42. The molecule has 0 atom stereocenters. The Kier molecular flexibility index (Phi) is 5.69. The number of methoxy groups -OCH3 is 1. The van der Waals surface area contributed by atoms with Crippen molar-refractivity contribution in [2.75, 3.05) is 7.11 Å². The fourth-order valence-corrected chi connectivity index (χ4v) is 2.58. The number of ketones is 2. The zero-order chi connectivity index (χ0) is 16.8. The molecule has 0 fully saturated rings. The number of carbonyl (C=O) groups excluding carboxylic acids is 2. The van der Waals surface area contributed by atoms with Crippen molar-refractivity contribution in [1.82, 2.24) is 0 Å². The van der Waals surface area contributed by atoms with E-state index in [0.29, 0.717) is 6.42 Å². The number of rotatable bonds is 7. The third-order valence-electron chi connectivity index (χ3n) is 4.01. The van der Waals surface area contributed by atoms with Gasteiger partial charge in [-0.15, -0.1) is 0 Å². The van der Waals surface area contributed by atoms with Crippen LogP contribution in [0.15, 0.2) is 48.5 Å². The molecule has 0 aliphatic carbocycles. The van der Waals surface area contributed by atoms with Gasteiger partial charge in [0.15, 0.2) is 0 Å². The number of benzene rings is 2. The highest BCUT2D eigenvalue weighted by molar-refractivity contribution is 6.00. The van der Waals surface area contributed by atoms with Crippen LogP contribution in [0.25, 0.3) is 0 Å². The first kappa shape index (κ1) is 16.9. The average molecular weight is 310 g/mol. The van der Waals surface area contributed by atoms with E-state index in [1.54, 1.807) is 7.11 Å². The number of ether oxygens (including phenoxy) is 1. The highest BCUT2D eigenvalue weighted by Crippen LogP contribution is 2.17. The molecule has 3 heteroatoms. The molecule has 0 aromatic heterocycles. The lowest BCUT2D eigenvalue weighted by atomic mass is 9.92. The molecule has 0 aliphatic heterocycles. The monoisotopic (exact) mass is 310 g/mol. The van der Waals surface area contributed by atoms with Gasteiger partial charge in [-0.1, -0.05) is 36.4 Å². The molecule has 2 rings (SSSR count). The minimum absolute atomic E-state index is 0.0696. The molecule has 3 nitrogen and oxygen atoms in total. The minimum atomic E-state index is -0.526. The zero-order valence-electron chi connectivity index (χ0n) is 13.8. The van der Waals surface area contributed by atoms with Gasteiger partial charge in [-0.2, -0.15) is 0 Å². The van der Waals surface area contributed by atoms with Gasteiger partial charge < -0.3 is 4.74 Å². The summed E-state index contributed by atoms with van der Waals surface area (Å²) in [6, 6.07) is 16.1. The van der Waals surface area contributed by atoms with E-state index < -0.39 is 5.92 Å². The van der Waals surface area contributed by atoms with Gasteiger partial charge in [-0.05, 0) is 55.5 Å². The fraction of sp³-hybridized carbons (Fsp3) is 0.300. The van der Waals surface area contributed by atoms with Gasteiger partial charge in [0.2, 0.25) is 0 Å². The van der Waals surface area contributed by atoms with Crippen molar-refractivity contribution in [2.45, 2.75) is 26.7 Å². The molecule has 120 valence electrons. The molecule has 2 aromatic carbocycles. The molecule has 23 heavy (non-hydrogen) atoms. The van der Waals surface area contributed by atoms with Crippen LogP contribution in [0.1, 0.15) is 30.5 Å². The van der Waals surface area contributed by atoms with E-state index in [2.05, 4.69) is 12.1 Å². The molecule has 0 heterocycles. The van der Waals surface area contributed by atoms with Crippen LogP contribution in [0, 0.1) is 5.92 Å². The van der Waals surface area contributed by atoms with Gasteiger partial charge in [-0.3, -0.25) is 9.59 Å². The van der Waals surface area contributed by atoms with Crippen molar-refractivity contribution in [2.24, 2.45) is 5.92 Å². The van der Waals surface area contributed by atoms with Crippen LogP contribution in [-0.4, -0.2) is 18.7 Å². The minimum Gasteiger partial charge on any atom is -0.497 e. The van der Waals surface area contributed by atoms with Crippen molar-refractivity contribution < 1.29 is 14.3 Å². The summed E-state index contributed by atoms with van der Waals surface area (Å²) in [7, 11) is 1.66. The van der Waals surface area contributed by atoms with Crippen molar-refractivity contribution in [3.63, 3.8) is 0 Å². The topological polar surface area (TPSA) is 43.4 Å². The summed E-state index contributed by atoms with van der Waals surface area (Å²) in [4.78, 5) is 23.0. The van der Waals surface area contributed by atoms with Crippen molar-refractivity contribution in [3.8, 4) is 5.75 Å². The standard InChI is InChI=1S/C20H22O3/c1-14(21)20(15(2)22)13-18-6-4-16(5-7-18)12-17-8-10-19(23-3)11-9-17/h4-11,20H,12-13H2,1-3H3. The summed E-state index contributed by atoms with van der Waals surface area (Å²) >= 11 is 0. The first-order valence-corrected chi connectivity index (χ1v) is 7.71. The van der Waals surface area contributed by atoms with Gasteiger partial charge in [0.05, 0.1) is 13.0 Å². The van der Waals surface area contributed by atoms with E-state index in [9.17, 15) is 9.59 Å². The second kappa shape index (κ2) is 7.73. The van der Waals surface area contributed by atoms with Crippen LogP contribution >= 0.6 is 0 Å². The Morgan fingerprint density at radius 3 is 1.70 bits per heavy atom. The van der Waals surface area contributed by atoms with Crippen LogP contribution in [0.3, 0.4) is 0 Å². The van der Waals surface area contributed by atoms with E-state index in [-0.39, 0.29) is 11.6 Å². The number of carbonyl (C=O) groups is 2. The van der Waals surface area contributed by atoms with Crippen LogP contribution < -0.4 is 4.74 Å². The van der Waals surface area contributed by atoms with E-state index in [0.717, 1.165) is 17.7 Å². The molecule has 0 unspecified atom stereocenters. The molecule has 0 spiro atoms. The van der Waals surface area contributed by atoms with Gasteiger partial charge in [-0.25, -0.2) is 0 Å². The van der Waals surface area contributed by atoms with Crippen LogP contribution in [-0.2, 0) is 22.4 Å². The summed E-state index contributed by atoms with van der Waals surface area (Å²) in [5, 5.41) is 0. The molecule has 0 N–H and O–H groups in total. The number of hydrogen-bond acceptors (Lipinski definition) is 3. The molecule has 0 aliphatic rings. The fourth-order valence-electron chi connectivity index (χ4n) is 2.58. The van der Waals surface area contributed by atoms with Crippen LogP contribution in [0.5, 0.6) is 5.75 Å². The average Bonchev–Trinajstić information content (AvgIpc) is 2.54. The van der Waals surface area contributed by atoms with Gasteiger partial charge in [0.25, 0.3) is 0 Å². The molecular weight excluding hydrogens is 288 g/mol. The van der Waals surface area contributed by atoms with E-state index >= 15 is 0 Å². The second-order valence-electron chi connectivity index (χ2n) is 5.82. The Labute approximate surface area is 137 Å². The van der Waals surface area contributed by atoms with Crippen molar-refractivity contribution in [3.05, 3.63) is 65.2 Å². The van der Waals surface area contributed by atoms with E-state index in [1.807, 2.05) is 36.4 Å². The predicted molar refractivity (Wildman–Crippen MR) is 90.8 cm³/mol. The SMILES string of the molecule is COc1ccc(Cc2ccc(CC(C(C)=O)C(C)=O)cc2)cc1. The Hall–Kier alpha value is -2.42. The molecular formula is C20H22O3. The molecule has 0 radical (unpaired) electrons. The molecule has 2 aromatic rings. The predicted octanol–water partition coefficient (Wildman–Crippen LogP) is 3.62. The van der Waals surface area contributed by atoms with Crippen molar-refractivity contribution >= 4 is 11.6 Å². The lowest BCUT2D eigenvalue weighted by Crippen LogP contribution is -2.21. The zero-order valence-corrected chi connectivity index (χ0v) is 13.8. The summed E-state index contributed by atoms with van der Waals surface area (Å²) in [6.07, 6.45) is 1.32. The molecule has 0 amide bonds. The summed E-state index contributed by atoms with van der Waals surface area (Å²) in [5.74, 6) is 0.186. The Morgan fingerprint density at radius 1 is 0.826 bits per heavy atom. The Balaban J connectivity index is 2.03. The van der Waals surface area contributed by atoms with Crippen molar-refractivity contribution in [1.29, 1.82) is 0 Å². The first-order chi connectivity index (χ1) is 11.0. The normalized spacial score (nSPS) is 10.6. The first-order valence-electron chi connectivity index (χ1n) is 7.71. The molecule has 0 saturated heterocycles. The Morgan fingerprint density at radius 2 is 1.26 bits per heavy atom. The highest BCUT2D eigenvalue weighted by atomic mass is 16.5. The maximum Gasteiger partial charge on any atom is 0.140 e. The van der Waals surface area contributed by atoms with Gasteiger partial charge in [0, 0.05) is 0 Å². The maximum atomic E-state index is 11.5. The Bertz CT molecular complexity index is 655. The third kappa shape index (κ3) is 4.78. The lowest BCUT2D eigenvalue weighted by Gasteiger charge is -2.11. The quantitative estimate of drug-likeness (QED) is 0.734. The molecule has 0 saturated carbocycles. The third-order valence-corrected chi connectivity index (χ3v) is 4.01. The molecule has 0 bridgehead atoms. The lowest BCUT2D eigenvalue weighted by molar-refractivity contribution is -0.130. The second-order valence-corrected chi connectivity index (χ2v) is 5.82. The van der Waals surface area contributed by atoms with E-state index in [1.165, 1.54) is 25.0 Å². The maximum absolute atomic E-state index is 11.5. The largest absolute Gasteiger partial charge is 0.497 e.